The lowest BCUT2D eigenvalue weighted by molar-refractivity contribution is -0.136. The van der Waals surface area contributed by atoms with Gasteiger partial charge in [0.2, 0.25) is 0 Å². The Bertz CT molecular complexity index is 1280. The summed E-state index contributed by atoms with van der Waals surface area (Å²) >= 11 is 11.9. The molecule has 9 nitrogen and oxygen atoms in total. The fraction of sp³-hybridized carbons (Fsp3) is 0.0833. The molecule has 0 fully saturated rings. The minimum Gasteiger partial charge on any atom is -0.497 e. The normalized spacial score (nSPS) is 10.5. The van der Waals surface area contributed by atoms with Crippen LogP contribution in [0.25, 0.3) is 0 Å². The Hall–Kier alpha value is -4.08. The van der Waals surface area contributed by atoms with Crippen molar-refractivity contribution in [2.75, 3.05) is 19.5 Å². The summed E-state index contributed by atoms with van der Waals surface area (Å²) in [6, 6.07) is 15.7. The Labute approximate surface area is 210 Å². The molecule has 0 bridgehead atoms. The van der Waals surface area contributed by atoms with Gasteiger partial charge in [0.05, 0.1) is 41.7 Å². The zero-order chi connectivity index (χ0) is 25.4. The van der Waals surface area contributed by atoms with E-state index >= 15 is 0 Å². The van der Waals surface area contributed by atoms with Crippen LogP contribution in [0, 0.1) is 0 Å². The first-order valence-corrected chi connectivity index (χ1v) is 10.7. The Morgan fingerprint density at radius 1 is 0.886 bits per heavy atom. The first kappa shape index (κ1) is 25.5. The molecule has 3 aromatic rings. The predicted molar refractivity (Wildman–Crippen MR) is 132 cm³/mol. The third kappa shape index (κ3) is 6.72. The maximum Gasteiger partial charge on any atom is 0.343 e. The van der Waals surface area contributed by atoms with Gasteiger partial charge in [-0.05, 0) is 60.2 Å². The highest BCUT2D eigenvalue weighted by Crippen LogP contribution is 2.30. The zero-order valence-corrected chi connectivity index (χ0v) is 20.0. The second-order valence-corrected chi connectivity index (χ2v) is 7.57. The number of halogens is 2. The summed E-state index contributed by atoms with van der Waals surface area (Å²) in [5.41, 5.74) is 3.13. The number of ether oxygens (including phenoxy) is 3. The van der Waals surface area contributed by atoms with Crippen molar-refractivity contribution in [3.63, 3.8) is 0 Å². The number of nitrogens with zero attached hydrogens (tertiary/aromatic N) is 1. The van der Waals surface area contributed by atoms with Crippen LogP contribution in [-0.4, -0.2) is 38.2 Å². The van der Waals surface area contributed by atoms with Gasteiger partial charge in [-0.2, -0.15) is 5.10 Å². The van der Waals surface area contributed by atoms with Gasteiger partial charge in [0.1, 0.15) is 5.75 Å². The molecule has 0 saturated heterocycles. The molecule has 180 valence electrons. The van der Waals surface area contributed by atoms with Crippen molar-refractivity contribution in [2.45, 2.75) is 0 Å². The van der Waals surface area contributed by atoms with Crippen molar-refractivity contribution in [1.82, 2.24) is 5.43 Å². The number of hydrazone groups is 1. The van der Waals surface area contributed by atoms with E-state index in [2.05, 4.69) is 15.8 Å². The second kappa shape index (κ2) is 11.9. The molecule has 0 spiro atoms. The molecule has 0 heterocycles. The molecular formula is C24H19Cl2N3O6. The molecule has 0 aliphatic carbocycles. The van der Waals surface area contributed by atoms with Gasteiger partial charge in [0.25, 0.3) is 0 Å². The van der Waals surface area contributed by atoms with Crippen LogP contribution in [0.1, 0.15) is 15.9 Å². The summed E-state index contributed by atoms with van der Waals surface area (Å²) in [6.07, 6.45) is 1.29. The van der Waals surface area contributed by atoms with E-state index in [0.717, 1.165) is 0 Å². The number of carbonyl (C=O) groups excluding carboxylic acids is 3. The van der Waals surface area contributed by atoms with Gasteiger partial charge < -0.3 is 19.5 Å². The summed E-state index contributed by atoms with van der Waals surface area (Å²) in [5, 5.41) is 6.44. The lowest BCUT2D eigenvalue weighted by Crippen LogP contribution is -2.32. The number of esters is 1. The summed E-state index contributed by atoms with van der Waals surface area (Å²) in [6.45, 7) is 0. The van der Waals surface area contributed by atoms with Gasteiger partial charge >= 0.3 is 17.8 Å². The monoisotopic (exact) mass is 515 g/mol. The zero-order valence-electron chi connectivity index (χ0n) is 18.5. The molecule has 35 heavy (non-hydrogen) atoms. The largest absolute Gasteiger partial charge is 0.497 e. The van der Waals surface area contributed by atoms with Crippen LogP contribution in [0.3, 0.4) is 0 Å². The minimum absolute atomic E-state index is 0.110. The molecule has 0 aliphatic heterocycles. The molecule has 0 saturated carbocycles. The van der Waals surface area contributed by atoms with Gasteiger partial charge in [0.15, 0.2) is 11.5 Å². The number of amides is 2. The van der Waals surface area contributed by atoms with E-state index in [1.54, 1.807) is 42.5 Å². The van der Waals surface area contributed by atoms with E-state index in [0.29, 0.717) is 16.9 Å². The molecular weight excluding hydrogens is 497 g/mol. The number of rotatable bonds is 7. The number of carbonyl (C=O) groups is 3. The predicted octanol–water partition coefficient (Wildman–Crippen LogP) is 4.32. The maximum atomic E-state index is 12.4. The molecule has 3 rings (SSSR count). The maximum absolute atomic E-state index is 12.4. The smallest absolute Gasteiger partial charge is 0.343 e. The third-order valence-corrected chi connectivity index (χ3v) is 5.32. The van der Waals surface area contributed by atoms with E-state index in [1.165, 1.54) is 38.6 Å². The highest BCUT2D eigenvalue weighted by Gasteiger charge is 2.16. The number of benzene rings is 3. The quantitative estimate of drug-likeness (QED) is 0.159. The summed E-state index contributed by atoms with van der Waals surface area (Å²) in [7, 11) is 2.94. The molecule has 0 radical (unpaired) electrons. The van der Waals surface area contributed by atoms with Crippen molar-refractivity contribution in [1.29, 1.82) is 0 Å². The van der Waals surface area contributed by atoms with E-state index in [9.17, 15) is 14.4 Å². The van der Waals surface area contributed by atoms with Gasteiger partial charge in [-0.3, -0.25) is 9.59 Å². The van der Waals surface area contributed by atoms with Crippen LogP contribution in [0.2, 0.25) is 10.0 Å². The molecule has 0 aromatic heterocycles. The number of methoxy groups -OCH3 is 2. The Morgan fingerprint density at radius 3 is 2.31 bits per heavy atom. The first-order valence-electron chi connectivity index (χ1n) is 9.95. The summed E-state index contributed by atoms with van der Waals surface area (Å²) < 4.78 is 15.8. The topological polar surface area (TPSA) is 115 Å². The average Bonchev–Trinajstić information content (AvgIpc) is 2.87. The van der Waals surface area contributed by atoms with Crippen LogP contribution in [-0.2, 0) is 9.59 Å². The number of anilines is 1. The van der Waals surface area contributed by atoms with Crippen molar-refractivity contribution >= 4 is 52.9 Å². The summed E-state index contributed by atoms with van der Waals surface area (Å²) in [5.74, 6) is -1.52. The van der Waals surface area contributed by atoms with Crippen LogP contribution in [0.15, 0.2) is 65.8 Å². The van der Waals surface area contributed by atoms with E-state index < -0.39 is 17.8 Å². The van der Waals surface area contributed by atoms with E-state index in [-0.39, 0.29) is 27.2 Å². The summed E-state index contributed by atoms with van der Waals surface area (Å²) in [4.78, 5) is 36.5. The van der Waals surface area contributed by atoms with E-state index in [1.807, 2.05) is 0 Å². The molecule has 0 aliphatic rings. The standard InChI is InChI=1S/C24H19Cl2N3O6/c1-33-16-9-7-15(8-10-16)24(32)35-19-11-6-14(12-20(19)34-2)13-27-29-23(31)22(30)28-18-5-3-4-17(25)21(18)26/h3-13H,1-2H3,(H,28,30)(H,29,31). The molecule has 2 amide bonds. The Kier molecular flexibility index (Phi) is 8.66. The Balaban J connectivity index is 1.61. The third-order valence-electron chi connectivity index (χ3n) is 4.50. The van der Waals surface area contributed by atoms with Crippen LogP contribution in [0.5, 0.6) is 17.2 Å². The molecule has 11 heteroatoms. The number of nitrogens with one attached hydrogen (secondary N) is 2. The van der Waals surface area contributed by atoms with Gasteiger partial charge in [-0.25, -0.2) is 10.2 Å². The number of hydrogen-bond acceptors (Lipinski definition) is 7. The van der Waals surface area contributed by atoms with Gasteiger partial charge in [-0.15, -0.1) is 0 Å². The van der Waals surface area contributed by atoms with Crippen molar-refractivity contribution < 1.29 is 28.6 Å². The minimum atomic E-state index is -1.02. The molecule has 0 atom stereocenters. The highest BCUT2D eigenvalue weighted by atomic mass is 35.5. The fourth-order valence-electron chi connectivity index (χ4n) is 2.73. The fourth-order valence-corrected chi connectivity index (χ4v) is 3.08. The Morgan fingerprint density at radius 2 is 1.63 bits per heavy atom. The van der Waals surface area contributed by atoms with Crippen LogP contribution >= 0.6 is 23.2 Å². The molecule has 3 aromatic carbocycles. The van der Waals surface area contributed by atoms with Crippen molar-refractivity contribution in [2.24, 2.45) is 5.10 Å². The first-order chi connectivity index (χ1) is 16.8. The SMILES string of the molecule is COc1ccc(C(=O)Oc2ccc(C=NNC(=O)C(=O)Nc3cccc(Cl)c3Cl)cc2OC)cc1. The van der Waals surface area contributed by atoms with Crippen LogP contribution in [0.4, 0.5) is 5.69 Å². The van der Waals surface area contributed by atoms with Crippen molar-refractivity contribution in [3.8, 4) is 17.2 Å². The average molecular weight is 516 g/mol. The highest BCUT2D eigenvalue weighted by molar-refractivity contribution is 6.45. The molecule has 2 N–H and O–H groups in total. The molecule has 0 unspecified atom stereocenters. The van der Waals surface area contributed by atoms with Gasteiger partial charge in [0, 0.05) is 0 Å². The van der Waals surface area contributed by atoms with Crippen molar-refractivity contribution in [3.05, 3.63) is 81.8 Å². The van der Waals surface area contributed by atoms with Crippen LogP contribution < -0.4 is 25.0 Å². The number of hydrogen-bond donors (Lipinski definition) is 2. The lowest BCUT2D eigenvalue weighted by atomic mass is 10.2. The lowest BCUT2D eigenvalue weighted by Gasteiger charge is -2.10. The van der Waals surface area contributed by atoms with Gasteiger partial charge in [-0.1, -0.05) is 29.3 Å². The van der Waals surface area contributed by atoms with E-state index in [4.69, 9.17) is 37.4 Å². The second-order valence-electron chi connectivity index (χ2n) is 6.78.